The summed E-state index contributed by atoms with van der Waals surface area (Å²) >= 11 is 0. The first-order valence-electron chi connectivity index (χ1n) is 5.74. The summed E-state index contributed by atoms with van der Waals surface area (Å²) < 4.78 is 13.1. The van der Waals surface area contributed by atoms with Gasteiger partial charge in [0.25, 0.3) is 5.91 Å². The Labute approximate surface area is 110 Å². The molecule has 0 heterocycles. The monoisotopic (exact) mass is 259 g/mol. The molecule has 0 saturated heterocycles. The summed E-state index contributed by atoms with van der Waals surface area (Å²) in [6.45, 7) is 0.429. The van der Waals surface area contributed by atoms with Gasteiger partial charge in [0.1, 0.15) is 5.82 Å². The molecule has 0 aromatic heterocycles. The van der Waals surface area contributed by atoms with Gasteiger partial charge in [0.2, 0.25) is 0 Å². The number of anilines is 2. The fraction of sp³-hybridized carbons (Fsp3) is 0.0714. The summed E-state index contributed by atoms with van der Waals surface area (Å²) in [4.78, 5) is 11.2. The molecule has 4 nitrogen and oxygen atoms in total. The first-order valence-corrected chi connectivity index (χ1v) is 5.74. The number of para-hydroxylation sites is 1. The number of carbonyl (C=O) groups excluding carboxylic acids is 1. The second kappa shape index (κ2) is 5.39. The summed E-state index contributed by atoms with van der Waals surface area (Å²) in [5.41, 5.74) is 13.2. The van der Waals surface area contributed by atoms with Gasteiger partial charge in [-0.25, -0.2) is 4.39 Å². The molecule has 0 atom stereocenters. The molecule has 0 unspecified atom stereocenters. The third-order valence-electron chi connectivity index (χ3n) is 2.77. The number of nitrogens with two attached hydrogens (primary N) is 2. The zero-order chi connectivity index (χ0) is 13.8. The van der Waals surface area contributed by atoms with Gasteiger partial charge in [-0.1, -0.05) is 18.2 Å². The number of amides is 1. The van der Waals surface area contributed by atoms with Gasteiger partial charge < -0.3 is 16.8 Å². The first-order chi connectivity index (χ1) is 9.08. The van der Waals surface area contributed by atoms with E-state index in [1.165, 1.54) is 12.1 Å². The van der Waals surface area contributed by atoms with E-state index < -0.39 is 11.7 Å². The van der Waals surface area contributed by atoms with Gasteiger partial charge in [0, 0.05) is 17.9 Å². The molecule has 2 aromatic rings. The molecule has 1 amide bonds. The van der Waals surface area contributed by atoms with Gasteiger partial charge in [-0.3, -0.25) is 4.79 Å². The van der Waals surface area contributed by atoms with Crippen molar-refractivity contribution in [1.82, 2.24) is 0 Å². The number of primary amides is 1. The summed E-state index contributed by atoms with van der Waals surface area (Å²) in [5, 5.41) is 3.03. The van der Waals surface area contributed by atoms with Crippen molar-refractivity contribution in [2.24, 2.45) is 5.73 Å². The molecule has 0 fully saturated rings. The average Bonchev–Trinajstić information content (AvgIpc) is 2.38. The highest BCUT2D eigenvalue weighted by Gasteiger charge is 2.09. The van der Waals surface area contributed by atoms with Crippen molar-refractivity contribution in [2.45, 2.75) is 6.54 Å². The normalized spacial score (nSPS) is 10.2. The number of nitrogens with one attached hydrogen (secondary N) is 1. The SMILES string of the molecule is NC(=O)c1cc(F)ccc1NCc1ccccc1N. The second-order valence-electron chi connectivity index (χ2n) is 4.11. The molecule has 2 aromatic carbocycles. The number of carbonyl (C=O) groups is 1. The topological polar surface area (TPSA) is 81.1 Å². The molecule has 0 aliphatic carbocycles. The average molecular weight is 259 g/mol. The number of hydrogen-bond acceptors (Lipinski definition) is 3. The third-order valence-corrected chi connectivity index (χ3v) is 2.77. The predicted molar refractivity (Wildman–Crippen MR) is 73.1 cm³/mol. The summed E-state index contributed by atoms with van der Waals surface area (Å²) in [6, 6.07) is 11.2. The second-order valence-corrected chi connectivity index (χ2v) is 4.11. The van der Waals surface area contributed by atoms with Crippen molar-refractivity contribution >= 4 is 17.3 Å². The van der Waals surface area contributed by atoms with E-state index in [0.29, 0.717) is 17.9 Å². The summed E-state index contributed by atoms with van der Waals surface area (Å²) in [5.74, 6) is -1.18. The van der Waals surface area contributed by atoms with Crippen molar-refractivity contribution in [3.63, 3.8) is 0 Å². The molecule has 0 radical (unpaired) electrons. The molecule has 0 saturated carbocycles. The van der Waals surface area contributed by atoms with Crippen LogP contribution in [-0.2, 0) is 6.54 Å². The van der Waals surface area contributed by atoms with Crippen LogP contribution >= 0.6 is 0 Å². The van der Waals surface area contributed by atoms with Crippen molar-refractivity contribution in [3.05, 3.63) is 59.4 Å². The molecule has 5 heteroatoms. The molecular formula is C14H14FN3O. The van der Waals surface area contributed by atoms with E-state index in [1.54, 1.807) is 6.07 Å². The minimum atomic E-state index is -0.678. The fourth-order valence-corrected chi connectivity index (χ4v) is 1.76. The summed E-state index contributed by atoms with van der Waals surface area (Å²) in [6.07, 6.45) is 0. The Hall–Kier alpha value is -2.56. The Balaban J connectivity index is 2.20. The largest absolute Gasteiger partial charge is 0.398 e. The van der Waals surface area contributed by atoms with E-state index in [4.69, 9.17) is 11.5 Å². The van der Waals surface area contributed by atoms with Crippen LogP contribution in [-0.4, -0.2) is 5.91 Å². The van der Waals surface area contributed by atoms with Crippen LogP contribution in [0.15, 0.2) is 42.5 Å². The van der Waals surface area contributed by atoms with E-state index in [9.17, 15) is 9.18 Å². The standard InChI is InChI=1S/C14H14FN3O/c15-10-5-6-13(11(7-10)14(17)19)18-8-9-3-1-2-4-12(9)16/h1-7,18H,8,16H2,(H2,17,19). The summed E-state index contributed by atoms with van der Waals surface area (Å²) in [7, 11) is 0. The van der Waals surface area contributed by atoms with Gasteiger partial charge in [0.15, 0.2) is 0 Å². The Morgan fingerprint density at radius 1 is 1.21 bits per heavy atom. The fourth-order valence-electron chi connectivity index (χ4n) is 1.76. The van der Waals surface area contributed by atoms with Gasteiger partial charge >= 0.3 is 0 Å². The maximum absolute atomic E-state index is 13.1. The zero-order valence-corrected chi connectivity index (χ0v) is 10.2. The van der Waals surface area contributed by atoms with Crippen LogP contribution in [0.3, 0.4) is 0 Å². The number of hydrogen-bond donors (Lipinski definition) is 3. The maximum Gasteiger partial charge on any atom is 0.250 e. The quantitative estimate of drug-likeness (QED) is 0.736. The van der Waals surface area contributed by atoms with E-state index in [1.807, 2.05) is 18.2 Å². The van der Waals surface area contributed by atoms with Crippen LogP contribution in [0.5, 0.6) is 0 Å². The smallest absolute Gasteiger partial charge is 0.250 e. The molecule has 5 N–H and O–H groups in total. The highest BCUT2D eigenvalue weighted by molar-refractivity contribution is 5.98. The van der Waals surface area contributed by atoms with Crippen molar-refractivity contribution in [1.29, 1.82) is 0 Å². The lowest BCUT2D eigenvalue weighted by Crippen LogP contribution is -2.15. The molecule has 98 valence electrons. The maximum atomic E-state index is 13.1. The first kappa shape index (κ1) is 12.9. The van der Waals surface area contributed by atoms with E-state index in [-0.39, 0.29) is 5.56 Å². The van der Waals surface area contributed by atoms with Gasteiger partial charge in [0.05, 0.1) is 5.56 Å². The highest BCUT2D eigenvalue weighted by atomic mass is 19.1. The molecular weight excluding hydrogens is 245 g/mol. The van der Waals surface area contributed by atoms with Crippen LogP contribution in [0.1, 0.15) is 15.9 Å². The third kappa shape index (κ3) is 3.01. The van der Waals surface area contributed by atoms with Crippen molar-refractivity contribution < 1.29 is 9.18 Å². The predicted octanol–water partition coefficient (Wildman–Crippen LogP) is 2.12. The van der Waals surface area contributed by atoms with Crippen LogP contribution in [0.4, 0.5) is 15.8 Å². The molecule has 0 aliphatic rings. The molecule has 0 aliphatic heterocycles. The Morgan fingerprint density at radius 2 is 1.95 bits per heavy atom. The lowest BCUT2D eigenvalue weighted by molar-refractivity contribution is 0.100. The number of halogens is 1. The van der Waals surface area contributed by atoms with Gasteiger partial charge in [-0.2, -0.15) is 0 Å². The number of benzene rings is 2. The lowest BCUT2D eigenvalue weighted by Gasteiger charge is -2.11. The molecule has 0 bridgehead atoms. The molecule has 0 spiro atoms. The van der Waals surface area contributed by atoms with Gasteiger partial charge in [-0.05, 0) is 29.8 Å². The van der Waals surface area contributed by atoms with Crippen molar-refractivity contribution in [3.8, 4) is 0 Å². The Kier molecular flexibility index (Phi) is 3.66. The van der Waals surface area contributed by atoms with Crippen LogP contribution < -0.4 is 16.8 Å². The minimum Gasteiger partial charge on any atom is -0.398 e. The Bertz CT molecular complexity index is 613. The highest BCUT2D eigenvalue weighted by Crippen LogP contribution is 2.19. The van der Waals surface area contributed by atoms with E-state index in [2.05, 4.69) is 5.32 Å². The van der Waals surface area contributed by atoms with E-state index >= 15 is 0 Å². The Morgan fingerprint density at radius 3 is 2.63 bits per heavy atom. The van der Waals surface area contributed by atoms with E-state index in [0.717, 1.165) is 11.6 Å². The zero-order valence-electron chi connectivity index (χ0n) is 10.2. The molecule has 2 rings (SSSR count). The van der Waals surface area contributed by atoms with Crippen molar-refractivity contribution in [2.75, 3.05) is 11.1 Å². The number of rotatable bonds is 4. The minimum absolute atomic E-state index is 0.120. The van der Waals surface area contributed by atoms with Crippen LogP contribution in [0.25, 0.3) is 0 Å². The van der Waals surface area contributed by atoms with Gasteiger partial charge in [-0.15, -0.1) is 0 Å². The lowest BCUT2D eigenvalue weighted by atomic mass is 10.1. The number of nitrogen functional groups attached to an aromatic ring is 1. The van der Waals surface area contributed by atoms with Crippen LogP contribution in [0.2, 0.25) is 0 Å². The van der Waals surface area contributed by atoms with Crippen LogP contribution in [0, 0.1) is 5.82 Å². The molecule has 19 heavy (non-hydrogen) atoms.